The summed E-state index contributed by atoms with van der Waals surface area (Å²) in [5.41, 5.74) is 2.61. The molecule has 0 bridgehead atoms. The fourth-order valence-electron chi connectivity index (χ4n) is 1.84. The molecule has 1 heterocycles. The van der Waals surface area contributed by atoms with Gasteiger partial charge >= 0.3 is 6.03 Å². The zero-order valence-electron chi connectivity index (χ0n) is 8.52. The number of carbonyl (C=O) groups is 1. The quantitative estimate of drug-likeness (QED) is 0.759. The van der Waals surface area contributed by atoms with Gasteiger partial charge in [0, 0.05) is 6.04 Å². The van der Waals surface area contributed by atoms with Crippen molar-refractivity contribution in [2.45, 2.75) is 38.1 Å². The molecule has 1 aliphatic rings. The first-order chi connectivity index (χ1) is 7.34. The fraction of sp³-hybridized carbons (Fsp3) is 0.667. The minimum atomic E-state index is -0.193. The van der Waals surface area contributed by atoms with Crippen LogP contribution in [0, 0.1) is 0 Å². The maximum atomic E-state index is 11.5. The van der Waals surface area contributed by atoms with Crippen LogP contribution in [-0.4, -0.2) is 26.9 Å². The molecule has 15 heavy (non-hydrogen) atoms. The lowest BCUT2D eigenvalue weighted by Gasteiger charge is -2.22. The van der Waals surface area contributed by atoms with E-state index in [0.717, 1.165) is 12.8 Å². The number of hydrogen-bond acceptors (Lipinski definition) is 3. The van der Waals surface area contributed by atoms with Crippen molar-refractivity contribution in [2.24, 2.45) is 0 Å². The van der Waals surface area contributed by atoms with E-state index in [0.29, 0.717) is 6.04 Å². The van der Waals surface area contributed by atoms with Gasteiger partial charge in [-0.3, -0.25) is 0 Å². The molecule has 0 unspecified atom stereocenters. The average molecular weight is 209 g/mol. The van der Waals surface area contributed by atoms with Gasteiger partial charge in [-0.15, -0.1) is 10.2 Å². The minimum absolute atomic E-state index is 0.193. The van der Waals surface area contributed by atoms with Crippen LogP contribution >= 0.6 is 0 Å². The predicted octanol–water partition coefficient (Wildman–Crippen LogP) is 0.864. The monoisotopic (exact) mass is 209 g/mol. The summed E-state index contributed by atoms with van der Waals surface area (Å²) in [4.78, 5) is 11.5. The number of nitrogens with one attached hydrogen (secondary N) is 2. The van der Waals surface area contributed by atoms with Crippen molar-refractivity contribution in [1.82, 2.24) is 20.2 Å². The Kier molecular flexibility index (Phi) is 3.16. The lowest BCUT2D eigenvalue weighted by Crippen LogP contribution is -2.41. The molecule has 0 aliphatic heterocycles. The fourth-order valence-corrected chi connectivity index (χ4v) is 1.84. The summed E-state index contributed by atoms with van der Waals surface area (Å²) in [5.74, 6) is 0. The molecule has 2 N–H and O–H groups in total. The van der Waals surface area contributed by atoms with Crippen LogP contribution < -0.4 is 10.7 Å². The van der Waals surface area contributed by atoms with E-state index in [9.17, 15) is 4.79 Å². The predicted molar refractivity (Wildman–Crippen MR) is 54.8 cm³/mol. The largest absolute Gasteiger partial charge is 0.334 e. The molecule has 1 saturated carbocycles. The Bertz CT molecular complexity index is 304. The van der Waals surface area contributed by atoms with E-state index in [1.807, 2.05) is 0 Å². The standard InChI is InChI=1S/C9H15N5O/c15-9(13-14-6-10-11-7-14)12-8-4-2-1-3-5-8/h6-8H,1-5H2,(H2,12,13,15). The van der Waals surface area contributed by atoms with E-state index in [2.05, 4.69) is 20.9 Å². The second-order valence-electron chi connectivity index (χ2n) is 3.79. The first-order valence-electron chi connectivity index (χ1n) is 5.27. The normalized spacial score (nSPS) is 17.3. The van der Waals surface area contributed by atoms with E-state index in [-0.39, 0.29) is 6.03 Å². The number of urea groups is 1. The Balaban J connectivity index is 1.76. The molecule has 1 aromatic rings. The summed E-state index contributed by atoms with van der Waals surface area (Å²) in [6.45, 7) is 0. The molecule has 0 atom stereocenters. The maximum absolute atomic E-state index is 11.5. The third-order valence-corrected chi connectivity index (χ3v) is 2.59. The van der Waals surface area contributed by atoms with Gasteiger partial charge in [-0.05, 0) is 12.8 Å². The maximum Gasteiger partial charge on any atom is 0.334 e. The van der Waals surface area contributed by atoms with Crippen molar-refractivity contribution >= 4 is 6.03 Å². The highest BCUT2D eigenvalue weighted by atomic mass is 16.2. The van der Waals surface area contributed by atoms with Gasteiger partial charge in [0.15, 0.2) is 0 Å². The van der Waals surface area contributed by atoms with Gasteiger partial charge in [0.2, 0.25) is 0 Å². The van der Waals surface area contributed by atoms with Crippen molar-refractivity contribution < 1.29 is 4.79 Å². The van der Waals surface area contributed by atoms with Crippen molar-refractivity contribution in [2.75, 3.05) is 5.43 Å². The van der Waals surface area contributed by atoms with E-state index >= 15 is 0 Å². The molecule has 82 valence electrons. The van der Waals surface area contributed by atoms with E-state index in [4.69, 9.17) is 0 Å². The van der Waals surface area contributed by atoms with Crippen LogP contribution in [0.1, 0.15) is 32.1 Å². The lowest BCUT2D eigenvalue weighted by molar-refractivity contribution is 0.241. The van der Waals surface area contributed by atoms with Gasteiger partial charge in [-0.2, -0.15) is 0 Å². The first-order valence-corrected chi connectivity index (χ1v) is 5.27. The van der Waals surface area contributed by atoms with Gasteiger partial charge in [-0.25, -0.2) is 14.9 Å². The van der Waals surface area contributed by atoms with Crippen LogP contribution in [0.25, 0.3) is 0 Å². The first kappa shape index (κ1) is 9.95. The molecule has 6 heteroatoms. The Morgan fingerprint density at radius 1 is 1.20 bits per heavy atom. The zero-order chi connectivity index (χ0) is 10.5. The minimum Gasteiger partial charge on any atom is -0.334 e. The molecule has 6 nitrogen and oxygen atoms in total. The molecule has 2 amide bonds. The molecule has 0 spiro atoms. The van der Waals surface area contributed by atoms with Crippen molar-refractivity contribution in [3.05, 3.63) is 12.7 Å². The summed E-state index contributed by atoms with van der Waals surface area (Å²) in [6, 6.07) is 0.122. The molecule has 0 radical (unpaired) electrons. The second-order valence-corrected chi connectivity index (χ2v) is 3.79. The van der Waals surface area contributed by atoms with Gasteiger partial charge in [0.05, 0.1) is 0 Å². The van der Waals surface area contributed by atoms with Crippen LogP contribution in [0.3, 0.4) is 0 Å². The van der Waals surface area contributed by atoms with Crippen LogP contribution in [0.5, 0.6) is 0 Å². The second kappa shape index (κ2) is 4.77. The summed E-state index contributed by atoms with van der Waals surface area (Å²) in [5, 5.41) is 10.1. The molecule has 2 rings (SSSR count). The molecule has 1 aromatic heterocycles. The molecule has 1 fully saturated rings. The molecular formula is C9H15N5O. The highest BCUT2D eigenvalue weighted by Gasteiger charge is 2.15. The SMILES string of the molecule is O=C(NC1CCCCC1)Nn1cnnc1. The molecule has 0 saturated heterocycles. The number of amides is 2. The Morgan fingerprint density at radius 2 is 1.87 bits per heavy atom. The molecule has 0 aromatic carbocycles. The van der Waals surface area contributed by atoms with Crippen LogP contribution in [0.15, 0.2) is 12.7 Å². The number of carbonyl (C=O) groups excluding carboxylic acids is 1. The Hall–Kier alpha value is -1.59. The van der Waals surface area contributed by atoms with Gasteiger partial charge in [0.25, 0.3) is 0 Å². The highest BCUT2D eigenvalue weighted by molar-refractivity contribution is 5.81. The number of aromatic nitrogens is 3. The van der Waals surface area contributed by atoms with E-state index < -0.39 is 0 Å². The van der Waals surface area contributed by atoms with E-state index in [1.54, 1.807) is 0 Å². The highest BCUT2D eigenvalue weighted by Crippen LogP contribution is 2.17. The number of nitrogens with zero attached hydrogens (tertiary/aromatic N) is 3. The third kappa shape index (κ3) is 2.93. The third-order valence-electron chi connectivity index (χ3n) is 2.59. The molecule has 1 aliphatic carbocycles. The van der Waals surface area contributed by atoms with Crippen LogP contribution in [0.4, 0.5) is 4.79 Å². The summed E-state index contributed by atoms with van der Waals surface area (Å²) in [6.07, 6.45) is 8.74. The Morgan fingerprint density at radius 3 is 2.53 bits per heavy atom. The topological polar surface area (TPSA) is 71.8 Å². The number of hydrogen-bond donors (Lipinski definition) is 2. The molecular weight excluding hydrogens is 194 g/mol. The Labute approximate surface area is 88.0 Å². The summed E-state index contributed by atoms with van der Waals surface area (Å²) >= 11 is 0. The van der Waals surface area contributed by atoms with Crippen molar-refractivity contribution in [3.63, 3.8) is 0 Å². The van der Waals surface area contributed by atoms with Crippen molar-refractivity contribution in [1.29, 1.82) is 0 Å². The van der Waals surface area contributed by atoms with E-state index in [1.165, 1.54) is 36.6 Å². The van der Waals surface area contributed by atoms with Gasteiger partial charge < -0.3 is 5.32 Å². The number of rotatable bonds is 2. The van der Waals surface area contributed by atoms with Gasteiger partial charge in [0.1, 0.15) is 12.7 Å². The average Bonchev–Trinajstić information content (AvgIpc) is 2.71. The van der Waals surface area contributed by atoms with Crippen LogP contribution in [-0.2, 0) is 0 Å². The van der Waals surface area contributed by atoms with Crippen LogP contribution in [0.2, 0.25) is 0 Å². The lowest BCUT2D eigenvalue weighted by atomic mass is 9.96. The van der Waals surface area contributed by atoms with Crippen molar-refractivity contribution in [3.8, 4) is 0 Å². The summed E-state index contributed by atoms with van der Waals surface area (Å²) in [7, 11) is 0. The smallest absolute Gasteiger partial charge is 0.334 e. The zero-order valence-corrected chi connectivity index (χ0v) is 8.52. The summed E-state index contributed by atoms with van der Waals surface area (Å²) < 4.78 is 1.43. The van der Waals surface area contributed by atoms with Gasteiger partial charge in [-0.1, -0.05) is 19.3 Å².